The smallest absolute Gasteiger partial charge is 0.236 e. The summed E-state index contributed by atoms with van der Waals surface area (Å²) in [4.78, 5) is 20.6. The molecule has 0 saturated carbocycles. The van der Waals surface area contributed by atoms with Gasteiger partial charge in [-0.05, 0) is 61.2 Å². The molecule has 1 aromatic carbocycles. The largest absolute Gasteiger partial charge is 0.341 e. The van der Waals surface area contributed by atoms with Crippen molar-refractivity contribution in [2.24, 2.45) is 5.92 Å². The van der Waals surface area contributed by atoms with Gasteiger partial charge in [-0.1, -0.05) is 23.7 Å². The summed E-state index contributed by atoms with van der Waals surface area (Å²) in [7, 11) is 1.99. The van der Waals surface area contributed by atoms with Crippen LogP contribution in [0.3, 0.4) is 0 Å². The highest BCUT2D eigenvalue weighted by Crippen LogP contribution is 2.22. The Morgan fingerprint density at radius 1 is 1.20 bits per heavy atom. The lowest BCUT2D eigenvalue weighted by Gasteiger charge is -2.21. The molecule has 3 rings (SSSR count). The minimum atomic E-state index is 0.218. The Labute approximate surface area is 154 Å². The number of carbonyl (C=O) groups excluding carboxylic acids is 1. The van der Waals surface area contributed by atoms with E-state index in [1.807, 2.05) is 36.2 Å². The summed E-state index contributed by atoms with van der Waals surface area (Å²) in [5.41, 5.74) is 2.46. The van der Waals surface area contributed by atoms with Gasteiger partial charge in [-0.3, -0.25) is 14.7 Å². The molecule has 1 aromatic heterocycles. The van der Waals surface area contributed by atoms with Crippen LogP contribution in [-0.4, -0.2) is 47.4 Å². The number of benzene rings is 1. The van der Waals surface area contributed by atoms with Gasteiger partial charge < -0.3 is 4.90 Å². The van der Waals surface area contributed by atoms with Gasteiger partial charge in [0, 0.05) is 37.1 Å². The zero-order chi connectivity index (χ0) is 17.6. The second-order valence-electron chi connectivity index (χ2n) is 6.85. The molecule has 25 heavy (non-hydrogen) atoms. The number of likely N-dealkylation sites (tertiary alicyclic amines) is 1. The van der Waals surface area contributed by atoms with E-state index in [1.165, 1.54) is 11.1 Å². The molecule has 5 heteroatoms. The zero-order valence-electron chi connectivity index (χ0n) is 14.6. The van der Waals surface area contributed by atoms with Gasteiger partial charge in [0.25, 0.3) is 0 Å². The molecule has 0 N–H and O–H groups in total. The third kappa shape index (κ3) is 5.28. The average molecular weight is 358 g/mol. The van der Waals surface area contributed by atoms with Crippen LogP contribution in [0.25, 0.3) is 0 Å². The summed E-state index contributed by atoms with van der Waals surface area (Å²) >= 11 is 5.94. The van der Waals surface area contributed by atoms with Crippen LogP contribution in [0.15, 0.2) is 48.8 Å². The lowest BCUT2D eigenvalue weighted by Crippen LogP contribution is -2.37. The van der Waals surface area contributed by atoms with Gasteiger partial charge in [-0.15, -0.1) is 0 Å². The third-order valence-electron chi connectivity index (χ3n) is 4.68. The maximum absolute atomic E-state index is 12.5. The van der Waals surface area contributed by atoms with Crippen LogP contribution in [0.2, 0.25) is 5.02 Å². The molecule has 1 saturated heterocycles. The van der Waals surface area contributed by atoms with Crippen molar-refractivity contribution in [3.63, 3.8) is 0 Å². The Morgan fingerprint density at radius 3 is 2.64 bits per heavy atom. The molecule has 0 radical (unpaired) electrons. The highest BCUT2D eigenvalue weighted by molar-refractivity contribution is 6.30. The second kappa shape index (κ2) is 8.45. The van der Waals surface area contributed by atoms with Gasteiger partial charge >= 0.3 is 0 Å². The summed E-state index contributed by atoms with van der Waals surface area (Å²) in [5.74, 6) is 0.755. The number of pyridine rings is 1. The number of carbonyl (C=O) groups is 1. The van der Waals surface area contributed by atoms with Gasteiger partial charge in [0.1, 0.15) is 0 Å². The maximum Gasteiger partial charge on any atom is 0.236 e. The van der Waals surface area contributed by atoms with Crippen LogP contribution in [0.5, 0.6) is 0 Å². The van der Waals surface area contributed by atoms with E-state index in [4.69, 9.17) is 11.6 Å². The quantitative estimate of drug-likeness (QED) is 0.796. The minimum absolute atomic E-state index is 0.218. The molecule has 1 aliphatic rings. The van der Waals surface area contributed by atoms with Gasteiger partial charge in [0.15, 0.2) is 0 Å². The van der Waals surface area contributed by atoms with E-state index in [-0.39, 0.29) is 5.91 Å². The molecular formula is C20H24ClN3O. The maximum atomic E-state index is 12.5. The molecule has 4 nitrogen and oxygen atoms in total. The fourth-order valence-electron chi connectivity index (χ4n) is 3.37. The Hall–Kier alpha value is -1.91. The number of hydrogen-bond acceptors (Lipinski definition) is 3. The molecule has 2 heterocycles. The number of rotatable bonds is 6. The average Bonchev–Trinajstić information content (AvgIpc) is 3.06. The van der Waals surface area contributed by atoms with Crippen LogP contribution in [0.1, 0.15) is 17.5 Å². The van der Waals surface area contributed by atoms with Crippen LogP contribution >= 0.6 is 11.6 Å². The molecule has 1 fully saturated rings. The molecule has 1 amide bonds. The standard InChI is InChI=1S/C20H24ClN3O/c1-23(13-17-6-9-22-10-7-17)15-20(25)24-11-8-18(14-24)12-16-2-4-19(21)5-3-16/h2-7,9-10,18H,8,11-15H2,1H3. The van der Waals surface area contributed by atoms with Crippen molar-refractivity contribution >= 4 is 17.5 Å². The van der Waals surface area contributed by atoms with E-state index in [2.05, 4.69) is 22.0 Å². The van der Waals surface area contributed by atoms with Crippen molar-refractivity contribution in [3.8, 4) is 0 Å². The number of aromatic nitrogens is 1. The SMILES string of the molecule is CN(CC(=O)N1CCC(Cc2ccc(Cl)cc2)C1)Cc1ccncc1. The Balaban J connectivity index is 1.46. The van der Waals surface area contributed by atoms with Gasteiger partial charge in [-0.2, -0.15) is 0 Å². The predicted octanol–water partition coefficient (Wildman–Crippen LogP) is 3.26. The van der Waals surface area contributed by atoms with Crippen LogP contribution in [0, 0.1) is 5.92 Å². The topological polar surface area (TPSA) is 36.4 Å². The first-order valence-electron chi connectivity index (χ1n) is 8.70. The van der Waals surface area contributed by atoms with Gasteiger partial charge in [0.2, 0.25) is 5.91 Å². The first-order valence-corrected chi connectivity index (χ1v) is 9.07. The molecule has 0 bridgehead atoms. The van der Waals surface area contributed by atoms with E-state index in [9.17, 15) is 4.79 Å². The van der Waals surface area contributed by atoms with Crippen molar-refractivity contribution in [1.82, 2.24) is 14.8 Å². The number of nitrogens with zero attached hydrogens (tertiary/aromatic N) is 3. The van der Waals surface area contributed by atoms with Crippen LogP contribution in [-0.2, 0) is 17.8 Å². The molecule has 132 valence electrons. The summed E-state index contributed by atoms with van der Waals surface area (Å²) in [6, 6.07) is 12.0. The molecular weight excluding hydrogens is 334 g/mol. The monoisotopic (exact) mass is 357 g/mol. The summed E-state index contributed by atoms with van der Waals surface area (Å²) in [5, 5.41) is 0.768. The highest BCUT2D eigenvalue weighted by atomic mass is 35.5. The van der Waals surface area contributed by atoms with Crippen LogP contribution in [0.4, 0.5) is 0 Å². The first kappa shape index (κ1) is 17.9. The number of amides is 1. The molecule has 0 aliphatic carbocycles. The number of likely N-dealkylation sites (N-methyl/N-ethyl adjacent to an activating group) is 1. The summed E-state index contributed by atoms with van der Waals surface area (Å²) in [6.45, 7) is 2.93. The second-order valence-corrected chi connectivity index (χ2v) is 7.29. The van der Waals surface area contributed by atoms with E-state index >= 15 is 0 Å². The molecule has 1 aliphatic heterocycles. The van der Waals surface area contributed by atoms with Crippen molar-refractivity contribution < 1.29 is 4.79 Å². The van der Waals surface area contributed by atoms with E-state index < -0.39 is 0 Å². The molecule has 0 spiro atoms. The van der Waals surface area contributed by atoms with Crippen molar-refractivity contribution in [2.75, 3.05) is 26.7 Å². The Bertz CT molecular complexity index is 690. The zero-order valence-corrected chi connectivity index (χ0v) is 15.3. The Morgan fingerprint density at radius 2 is 1.92 bits per heavy atom. The number of hydrogen-bond donors (Lipinski definition) is 0. The van der Waals surface area contributed by atoms with E-state index in [0.29, 0.717) is 12.5 Å². The van der Waals surface area contributed by atoms with Crippen molar-refractivity contribution in [2.45, 2.75) is 19.4 Å². The Kier molecular flexibility index (Phi) is 6.05. The van der Waals surface area contributed by atoms with Crippen molar-refractivity contribution in [3.05, 3.63) is 64.9 Å². The fraction of sp³-hybridized carbons (Fsp3) is 0.400. The molecule has 2 aromatic rings. The first-order chi connectivity index (χ1) is 12.1. The minimum Gasteiger partial charge on any atom is -0.341 e. The molecule has 1 unspecified atom stereocenters. The van der Waals surface area contributed by atoms with Crippen molar-refractivity contribution in [1.29, 1.82) is 0 Å². The summed E-state index contributed by atoms with van der Waals surface area (Å²) < 4.78 is 0. The van der Waals surface area contributed by atoms with E-state index in [0.717, 1.165) is 37.5 Å². The normalized spacial score (nSPS) is 17.2. The van der Waals surface area contributed by atoms with Crippen LogP contribution < -0.4 is 0 Å². The van der Waals surface area contributed by atoms with Gasteiger partial charge in [0.05, 0.1) is 6.54 Å². The predicted molar refractivity (Wildman–Crippen MR) is 100 cm³/mol. The molecule has 1 atom stereocenters. The van der Waals surface area contributed by atoms with Gasteiger partial charge in [-0.25, -0.2) is 0 Å². The highest BCUT2D eigenvalue weighted by Gasteiger charge is 2.26. The fourth-order valence-corrected chi connectivity index (χ4v) is 3.49. The third-order valence-corrected chi connectivity index (χ3v) is 4.94. The van der Waals surface area contributed by atoms with E-state index in [1.54, 1.807) is 12.4 Å². The lowest BCUT2D eigenvalue weighted by molar-refractivity contribution is -0.131. The number of halogens is 1. The summed E-state index contributed by atoms with van der Waals surface area (Å²) in [6.07, 6.45) is 5.65. The lowest BCUT2D eigenvalue weighted by atomic mass is 9.99.